The maximum Gasteiger partial charge on any atom is 0.321 e. The fourth-order valence-corrected chi connectivity index (χ4v) is 7.28. The molecule has 3 atom stereocenters. The van der Waals surface area contributed by atoms with Crippen LogP contribution in [0.1, 0.15) is 62.0 Å². The van der Waals surface area contributed by atoms with Crippen LogP contribution >= 0.6 is 11.6 Å². The first-order valence-electron chi connectivity index (χ1n) is 15.1. The average Bonchev–Trinajstić information content (AvgIpc) is 3.37. The highest BCUT2D eigenvalue weighted by Crippen LogP contribution is 2.38. The number of hydrogen-bond donors (Lipinski definition) is 3. The summed E-state index contributed by atoms with van der Waals surface area (Å²) in [6, 6.07) is 13.7. The molecule has 0 spiro atoms. The number of halogens is 2. The Bertz CT molecular complexity index is 1170. The van der Waals surface area contributed by atoms with E-state index >= 15 is 0 Å². The average molecular weight is 585 g/mol. The van der Waals surface area contributed by atoms with Gasteiger partial charge in [0.15, 0.2) is 0 Å². The molecule has 3 fully saturated rings. The number of carbonyl (C=O) groups excluding carboxylic acids is 1. The summed E-state index contributed by atoms with van der Waals surface area (Å²) in [6.45, 7) is 4.36. The molecule has 2 aromatic rings. The van der Waals surface area contributed by atoms with Crippen LogP contribution in [0.4, 0.5) is 9.18 Å². The summed E-state index contributed by atoms with van der Waals surface area (Å²) >= 11 is 5.93. The van der Waals surface area contributed by atoms with Gasteiger partial charge in [-0.1, -0.05) is 55.1 Å². The zero-order valence-electron chi connectivity index (χ0n) is 23.6. The van der Waals surface area contributed by atoms with Crippen molar-refractivity contribution >= 4 is 23.6 Å². The number of piperidine rings is 1. The number of hydrogen-bond acceptors (Lipinski definition) is 4. The van der Waals surface area contributed by atoms with Crippen LogP contribution in [0.15, 0.2) is 48.5 Å². The van der Waals surface area contributed by atoms with Crippen molar-refractivity contribution in [2.75, 3.05) is 32.7 Å². The van der Waals surface area contributed by atoms with Gasteiger partial charge in [0.2, 0.25) is 0 Å². The van der Waals surface area contributed by atoms with Gasteiger partial charge in [-0.25, -0.2) is 9.18 Å². The quantitative estimate of drug-likeness (QED) is 0.363. The minimum atomic E-state index is -0.725. The lowest BCUT2D eigenvalue weighted by molar-refractivity contribution is -0.145. The molecular formula is C32H42ClFN4O3. The van der Waals surface area contributed by atoms with Gasteiger partial charge >= 0.3 is 12.0 Å². The maximum atomic E-state index is 14.2. The zero-order valence-corrected chi connectivity index (χ0v) is 24.4. The normalized spacial score (nSPS) is 23.8. The van der Waals surface area contributed by atoms with Gasteiger partial charge in [-0.15, -0.1) is 0 Å². The van der Waals surface area contributed by atoms with E-state index in [0.29, 0.717) is 24.7 Å². The molecule has 0 radical (unpaired) electrons. The van der Waals surface area contributed by atoms with Gasteiger partial charge in [-0.05, 0) is 72.9 Å². The van der Waals surface area contributed by atoms with Crippen molar-refractivity contribution < 1.29 is 19.1 Å². The van der Waals surface area contributed by atoms with Crippen LogP contribution in [-0.2, 0) is 11.3 Å². The number of carboxylic acids is 1. The molecule has 2 aliphatic heterocycles. The maximum absolute atomic E-state index is 14.2. The van der Waals surface area contributed by atoms with Gasteiger partial charge in [-0.3, -0.25) is 9.69 Å². The molecule has 9 heteroatoms. The van der Waals surface area contributed by atoms with Crippen molar-refractivity contribution in [1.29, 1.82) is 0 Å². The highest BCUT2D eigenvalue weighted by molar-refractivity contribution is 6.30. The predicted molar refractivity (Wildman–Crippen MR) is 158 cm³/mol. The Morgan fingerprint density at radius 2 is 1.73 bits per heavy atom. The second-order valence-corrected chi connectivity index (χ2v) is 12.5. The smallest absolute Gasteiger partial charge is 0.321 e. The summed E-state index contributed by atoms with van der Waals surface area (Å²) in [5, 5.41) is 17.0. The van der Waals surface area contributed by atoms with Crippen LogP contribution in [0.2, 0.25) is 5.02 Å². The molecule has 2 saturated heterocycles. The van der Waals surface area contributed by atoms with Crippen LogP contribution in [0.5, 0.6) is 0 Å². The van der Waals surface area contributed by atoms with Crippen LogP contribution in [0, 0.1) is 17.7 Å². The molecular weight excluding hydrogens is 543 g/mol. The van der Waals surface area contributed by atoms with Gasteiger partial charge in [0.05, 0.1) is 0 Å². The summed E-state index contributed by atoms with van der Waals surface area (Å²) in [5.41, 5.74) is 1.95. The van der Waals surface area contributed by atoms with E-state index in [2.05, 4.69) is 20.4 Å². The number of rotatable bonds is 9. The van der Waals surface area contributed by atoms with E-state index in [1.165, 1.54) is 12.5 Å². The molecule has 2 amide bonds. The second-order valence-electron chi connectivity index (χ2n) is 12.1. The lowest BCUT2D eigenvalue weighted by Gasteiger charge is -2.35. The third kappa shape index (κ3) is 7.99. The number of carbonyl (C=O) groups is 2. The Balaban J connectivity index is 1.17. The topological polar surface area (TPSA) is 84.9 Å². The molecule has 2 heterocycles. The van der Waals surface area contributed by atoms with E-state index in [0.717, 1.165) is 69.3 Å². The first-order valence-corrected chi connectivity index (χ1v) is 15.5. The number of carboxylic acid groups (broad SMARTS) is 1. The number of nitrogens with zero attached hydrogens (tertiary/aromatic N) is 2. The number of nitrogens with one attached hydrogen (secondary N) is 2. The summed E-state index contributed by atoms with van der Waals surface area (Å²) in [4.78, 5) is 29.6. The van der Waals surface area contributed by atoms with E-state index < -0.39 is 12.0 Å². The van der Waals surface area contributed by atoms with Gasteiger partial charge in [0.1, 0.15) is 11.9 Å². The number of likely N-dealkylation sites (tertiary alicyclic amines) is 2. The van der Waals surface area contributed by atoms with Gasteiger partial charge in [-0.2, -0.15) is 0 Å². The highest BCUT2D eigenvalue weighted by Gasteiger charge is 2.43. The molecule has 5 rings (SSSR count). The number of amides is 2. The van der Waals surface area contributed by atoms with Gasteiger partial charge in [0, 0.05) is 56.3 Å². The molecule has 7 nitrogen and oxygen atoms in total. The van der Waals surface area contributed by atoms with E-state index in [9.17, 15) is 19.1 Å². The molecule has 2 aromatic carbocycles. The minimum Gasteiger partial charge on any atom is -0.480 e. The van der Waals surface area contributed by atoms with Crippen molar-refractivity contribution in [1.82, 2.24) is 20.4 Å². The van der Waals surface area contributed by atoms with E-state index in [-0.39, 0.29) is 35.6 Å². The largest absolute Gasteiger partial charge is 0.480 e. The Morgan fingerprint density at radius 1 is 1.00 bits per heavy atom. The van der Waals surface area contributed by atoms with Crippen LogP contribution in [0.25, 0.3) is 0 Å². The fraction of sp³-hybridized carbons (Fsp3) is 0.562. The third-order valence-corrected chi connectivity index (χ3v) is 9.52. The second kappa shape index (κ2) is 14.0. The Morgan fingerprint density at radius 3 is 2.41 bits per heavy atom. The Labute approximate surface area is 247 Å². The Hall–Kier alpha value is -2.68. The van der Waals surface area contributed by atoms with Crippen LogP contribution < -0.4 is 10.6 Å². The predicted octanol–water partition coefficient (Wildman–Crippen LogP) is 5.49. The molecule has 3 N–H and O–H groups in total. The summed E-state index contributed by atoms with van der Waals surface area (Å²) in [7, 11) is 0. The van der Waals surface area contributed by atoms with Crippen molar-refractivity contribution in [2.45, 2.75) is 69.5 Å². The third-order valence-electron chi connectivity index (χ3n) is 9.27. The molecule has 0 aromatic heterocycles. The van der Waals surface area contributed by atoms with Crippen molar-refractivity contribution in [2.24, 2.45) is 11.8 Å². The highest BCUT2D eigenvalue weighted by atomic mass is 35.5. The van der Waals surface area contributed by atoms with Crippen molar-refractivity contribution in [3.05, 3.63) is 70.5 Å². The molecule has 3 unspecified atom stereocenters. The molecule has 41 heavy (non-hydrogen) atoms. The van der Waals surface area contributed by atoms with E-state index in [1.807, 2.05) is 30.3 Å². The van der Waals surface area contributed by atoms with Crippen LogP contribution in [-0.4, -0.2) is 71.7 Å². The van der Waals surface area contributed by atoms with E-state index in [4.69, 9.17) is 11.6 Å². The van der Waals surface area contributed by atoms with Gasteiger partial charge in [0.25, 0.3) is 0 Å². The summed E-state index contributed by atoms with van der Waals surface area (Å²) < 4.78 is 14.2. The van der Waals surface area contributed by atoms with Crippen molar-refractivity contribution in [3.63, 3.8) is 0 Å². The SMILES string of the molecule is O=C(NCc1ccc(Cl)cc1)NC1CCN(CC2CN(C(C(=O)O)C3CCCCC3)CC2c2cccc(F)c2)CC1. The standard InChI is InChI=1S/C32H42ClFN4O3/c33-26-11-9-22(10-12-26)18-35-32(41)36-28-13-15-37(16-14-28)19-25-20-38(21-29(25)24-7-4-8-27(34)17-24)30(31(39)40)23-5-2-1-3-6-23/h4,7-12,17,23,25,28-30H,1-3,5-6,13-16,18-21H2,(H,39,40)(H2,35,36,41). The first kappa shape index (κ1) is 29.8. The minimum absolute atomic E-state index is 0.0886. The fourth-order valence-electron chi connectivity index (χ4n) is 7.15. The van der Waals surface area contributed by atoms with Crippen LogP contribution in [0.3, 0.4) is 0 Å². The van der Waals surface area contributed by atoms with Gasteiger partial charge < -0.3 is 20.6 Å². The zero-order chi connectivity index (χ0) is 28.8. The number of urea groups is 1. The molecule has 1 saturated carbocycles. The Kier molecular flexibility index (Phi) is 10.2. The number of benzene rings is 2. The monoisotopic (exact) mass is 584 g/mol. The molecule has 1 aliphatic carbocycles. The van der Waals surface area contributed by atoms with E-state index in [1.54, 1.807) is 12.1 Å². The molecule has 222 valence electrons. The molecule has 3 aliphatic rings. The summed E-state index contributed by atoms with van der Waals surface area (Å²) in [5.74, 6) is -0.486. The van der Waals surface area contributed by atoms with Crippen molar-refractivity contribution in [3.8, 4) is 0 Å². The lowest BCUT2D eigenvalue weighted by atomic mass is 9.83. The first-order chi connectivity index (χ1) is 19.9. The summed E-state index contributed by atoms with van der Waals surface area (Å²) in [6.07, 6.45) is 7.03. The lowest BCUT2D eigenvalue weighted by Crippen LogP contribution is -2.49. The molecule has 0 bridgehead atoms. The number of aliphatic carboxylic acids is 1.